The maximum absolute atomic E-state index is 13.5. The van der Waals surface area contributed by atoms with Gasteiger partial charge in [0, 0.05) is 23.7 Å². The molecule has 0 bridgehead atoms. The first-order valence-electron chi connectivity index (χ1n) is 12.5. The van der Waals surface area contributed by atoms with Crippen molar-refractivity contribution in [2.24, 2.45) is 0 Å². The molecule has 8 nitrogen and oxygen atoms in total. The van der Waals surface area contributed by atoms with Gasteiger partial charge in [0.15, 0.2) is 0 Å². The highest BCUT2D eigenvalue weighted by Crippen LogP contribution is 2.25. The molecule has 0 saturated carbocycles. The summed E-state index contributed by atoms with van der Waals surface area (Å²) in [6.45, 7) is 6.31. The predicted octanol–water partition coefficient (Wildman–Crippen LogP) is 5.21. The maximum Gasteiger partial charge on any atom is 0.408 e. The second kappa shape index (κ2) is 13.3. The van der Waals surface area contributed by atoms with E-state index in [9.17, 15) is 14.4 Å². The number of benzene rings is 2. The molecule has 0 fully saturated rings. The van der Waals surface area contributed by atoms with Crippen molar-refractivity contribution in [1.29, 1.82) is 0 Å². The standard InChI is InChI=1S/C29H35ClN2O6/c1-29(2,3)38-28(35)31-24-8-6-5-7-15-32(27(24)34)18-22-16-21(17-26(33)36-4)11-14-25(22)37-19-20-9-12-23(30)13-10-20/h5-6,9-14,16,24H,7-8,15,17-19H2,1-4H3,(H,31,35)/b6-5-/t24-/m0/s1. The third kappa shape index (κ3) is 9.10. The van der Waals surface area contributed by atoms with Crippen LogP contribution in [0.2, 0.25) is 5.02 Å². The highest BCUT2D eigenvalue weighted by Gasteiger charge is 2.28. The van der Waals surface area contributed by atoms with Crippen molar-refractivity contribution >= 4 is 29.6 Å². The molecule has 0 unspecified atom stereocenters. The third-order valence-corrected chi connectivity index (χ3v) is 6.03. The van der Waals surface area contributed by atoms with Crippen molar-refractivity contribution in [2.75, 3.05) is 13.7 Å². The second-order valence-corrected chi connectivity index (χ2v) is 10.5. The van der Waals surface area contributed by atoms with Crippen LogP contribution in [0.1, 0.15) is 50.3 Å². The highest BCUT2D eigenvalue weighted by atomic mass is 35.5. The number of nitrogens with one attached hydrogen (secondary N) is 1. The predicted molar refractivity (Wildman–Crippen MR) is 145 cm³/mol. The fourth-order valence-electron chi connectivity index (χ4n) is 3.93. The van der Waals surface area contributed by atoms with E-state index in [0.717, 1.165) is 16.7 Å². The number of halogens is 1. The second-order valence-electron chi connectivity index (χ2n) is 10.1. The molecule has 0 aliphatic carbocycles. The molecule has 2 amide bonds. The Balaban J connectivity index is 1.83. The molecule has 1 N–H and O–H groups in total. The van der Waals surface area contributed by atoms with Gasteiger partial charge in [-0.1, -0.05) is 42.0 Å². The summed E-state index contributed by atoms with van der Waals surface area (Å²) < 4.78 is 16.3. The van der Waals surface area contributed by atoms with Crippen LogP contribution in [0.25, 0.3) is 0 Å². The first kappa shape index (κ1) is 29.0. The summed E-state index contributed by atoms with van der Waals surface area (Å²) in [6, 6.07) is 12.1. The van der Waals surface area contributed by atoms with E-state index in [0.29, 0.717) is 36.8 Å². The summed E-state index contributed by atoms with van der Waals surface area (Å²) in [5.41, 5.74) is 1.75. The SMILES string of the molecule is COC(=O)Cc1ccc(OCc2ccc(Cl)cc2)c(CN2CC/C=C\C[C@H](NC(=O)OC(C)(C)C)C2=O)c1. The molecule has 0 radical (unpaired) electrons. The number of rotatable bonds is 8. The van der Waals surface area contributed by atoms with Gasteiger partial charge in [-0.25, -0.2) is 4.79 Å². The Labute approximate surface area is 228 Å². The van der Waals surface area contributed by atoms with Crippen LogP contribution in [0.5, 0.6) is 5.75 Å². The van der Waals surface area contributed by atoms with Crippen molar-refractivity contribution in [2.45, 2.75) is 64.8 Å². The van der Waals surface area contributed by atoms with Crippen LogP contribution >= 0.6 is 11.6 Å². The van der Waals surface area contributed by atoms with Gasteiger partial charge in [-0.05, 0) is 69.0 Å². The number of carbonyl (C=O) groups excluding carboxylic acids is 3. The Morgan fingerprint density at radius 1 is 1.08 bits per heavy atom. The van der Waals surface area contributed by atoms with Crippen molar-refractivity contribution < 1.29 is 28.6 Å². The van der Waals surface area contributed by atoms with E-state index < -0.39 is 17.7 Å². The average molecular weight is 543 g/mol. The van der Waals surface area contributed by atoms with Gasteiger partial charge < -0.3 is 24.4 Å². The smallest absolute Gasteiger partial charge is 0.408 e. The summed E-state index contributed by atoms with van der Waals surface area (Å²) in [7, 11) is 1.34. The first-order valence-corrected chi connectivity index (χ1v) is 12.9. The Morgan fingerprint density at radius 3 is 2.47 bits per heavy atom. The molecule has 1 heterocycles. The molecule has 2 aromatic carbocycles. The van der Waals surface area contributed by atoms with E-state index in [1.165, 1.54) is 7.11 Å². The molecule has 0 spiro atoms. The Kier molecular flexibility index (Phi) is 10.2. The summed E-state index contributed by atoms with van der Waals surface area (Å²) in [4.78, 5) is 39.5. The van der Waals surface area contributed by atoms with Gasteiger partial charge in [-0.3, -0.25) is 9.59 Å². The molecular weight excluding hydrogens is 508 g/mol. The Hall–Kier alpha value is -3.52. The molecule has 0 saturated heterocycles. The number of nitrogens with zero attached hydrogens (tertiary/aromatic N) is 1. The van der Waals surface area contributed by atoms with Gasteiger partial charge in [0.1, 0.15) is 24.0 Å². The van der Waals surface area contributed by atoms with Gasteiger partial charge in [0.2, 0.25) is 5.91 Å². The van der Waals surface area contributed by atoms with Crippen LogP contribution in [0.4, 0.5) is 4.79 Å². The van der Waals surface area contributed by atoms with Crippen molar-refractivity contribution in [1.82, 2.24) is 10.2 Å². The maximum atomic E-state index is 13.5. The van der Waals surface area contributed by atoms with Gasteiger partial charge >= 0.3 is 12.1 Å². The number of carbonyl (C=O) groups is 3. The molecule has 1 atom stereocenters. The quantitative estimate of drug-likeness (QED) is 0.364. The zero-order valence-corrected chi connectivity index (χ0v) is 23.0. The van der Waals surface area contributed by atoms with Gasteiger partial charge in [0.05, 0.1) is 13.5 Å². The van der Waals surface area contributed by atoms with E-state index in [-0.39, 0.29) is 24.8 Å². The Bertz CT molecular complexity index is 1160. The number of ether oxygens (including phenoxy) is 3. The molecule has 2 aromatic rings. The molecule has 204 valence electrons. The number of amides is 2. The summed E-state index contributed by atoms with van der Waals surface area (Å²) in [5, 5.41) is 3.35. The highest BCUT2D eigenvalue weighted by molar-refractivity contribution is 6.30. The van der Waals surface area contributed by atoms with E-state index >= 15 is 0 Å². The lowest BCUT2D eigenvalue weighted by Gasteiger charge is -2.30. The molecular formula is C29H35ClN2O6. The number of esters is 1. The average Bonchev–Trinajstić information content (AvgIpc) is 2.85. The fraction of sp³-hybridized carbons (Fsp3) is 0.414. The van der Waals surface area contributed by atoms with Crippen molar-refractivity contribution in [3.05, 3.63) is 76.3 Å². The van der Waals surface area contributed by atoms with Gasteiger partial charge in [0.25, 0.3) is 0 Å². The van der Waals surface area contributed by atoms with E-state index in [2.05, 4.69) is 5.32 Å². The third-order valence-electron chi connectivity index (χ3n) is 5.77. The molecule has 1 aliphatic heterocycles. The lowest BCUT2D eigenvalue weighted by atomic mass is 10.0. The monoisotopic (exact) mass is 542 g/mol. The molecule has 0 aromatic heterocycles. The minimum absolute atomic E-state index is 0.0977. The number of alkyl carbamates (subject to hydrolysis) is 1. The van der Waals surface area contributed by atoms with Crippen LogP contribution in [-0.2, 0) is 38.6 Å². The van der Waals surface area contributed by atoms with E-state index in [1.807, 2.05) is 36.4 Å². The zero-order valence-electron chi connectivity index (χ0n) is 22.3. The Morgan fingerprint density at radius 2 is 1.79 bits per heavy atom. The lowest BCUT2D eigenvalue weighted by molar-refractivity contribution is -0.139. The number of hydrogen-bond donors (Lipinski definition) is 1. The minimum atomic E-state index is -0.766. The van der Waals surface area contributed by atoms with Crippen LogP contribution in [-0.4, -0.2) is 48.2 Å². The fourth-order valence-corrected chi connectivity index (χ4v) is 4.06. The molecule has 1 aliphatic rings. The number of hydrogen-bond acceptors (Lipinski definition) is 6. The first-order chi connectivity index (χ1) is 18.0. The van der Waals surface area contributed by atoms with E-state index in [1.54, 1.807) is 43.9 Å². The van der Waals surface area contributed by atoms with Crippen molar-refractivity contribution in [3.63, 3.8) is 0 Å². The summed E-state index contributed by atoms with van der Waals surface area (Å²) in [6.07, 6.45) is 4.38. The lowest BCUT2D eigenvalue weighted by Crippen LogP contribution is -2.50. The molecule has 3 rings (SSSR count). The molecule has 38 heavy (non-hydrogen) atoms. The van der Waals surface area contributed by atoms with Crippen molar-refractivity contribution in [3.8, 4) is 5.75 Å². The van der Waals surface area contributed by atoms with Gasteiger partial charge in [-0.15, -0.1) is 0 Å². The van der Waals surface area contributed by atoms with Crippen LogP contribution in [0, 0.1) is 0 Å². The molecule has 9 heteroatoms. The van der Waals surface area contributed by atoms with Crippen LogP contribution < -0.4 is 10.1 Å². The summed E-state index contributed by atoms with van der Waals surface area (Å²) in [5.74, 6) is 0.0118. The zero-order chi connectivity index (χ0) is 27.7. The van der Waals surface area contributed by atoms with Crippen LogP contribution in [0.15, 0.2) is 54.6 Å². The van der Waals surface area contributed by atoms with Gasteiger partial charge in [-0.2, -0.15) is 0 Å². The van der Waals surface area contributed by atoms with Crippen LogP contribution in [0.3, 0.4) is 0 Å². The number of methoxy groups -OCH3 is 1. The normalized spacial score (nSPS) is 16.7. The largest absolute Gasteiger partial charge is 0.489 e. The minimum Gasteiger partial charge on any atom is -0.489 e. The topological polar surface area (TPSA) is 94.2 Å². The van der Waals surface area contributed by atoms with E-state index in [4.69, 9.17) is 25.8 Å². The summed E-state index contributed by atoms with van der Waals surface area (Å²) >= 11 is 5.99.